The molecule has 16 nitrogen and oxygen atoms in total. The van der Waals surface area contributed by atoms with Crippen molar-refractivity contribution in [2.75, 3.05) is 70.3 Å². The summed E-state index contributed by atoms with van der Waals surface area (Å²) >= 11 is 9.36. The van der Waals surface area contributed by atoms with E-state index in [1.807, 2.05) is 50.2 Å². The second kappa shape index (κ2) is 25.5. The number of aliphatic hydroxyl groups excluding tert-OH is 1. The molecule has 3 unspecified atom stereocenters. The number of carbonyl (C=O) groups is 4. The number of likely N-dealkylation sites (tertiary alicyclic amines) is 1. The van der Waals surface area contributed by atoms with Gasteiger partial charge in [0.2, 0.25) is 18.3 Å². The number of alkyl halides is 1. The van der Waals surface area contributed by atoms with Gasteiger partial charge < -0.3 is 45.8 Å². The molecule has 4 fully saturated rings. The van der Waals surface area contributed by atoms with E-state index >= 15 is 0 Å². The fourth-order valence-corrected chi connectivity index (χ4v) is 11.1. The summed E-state index contributed by atoms with van der Waals surface area (Å²) in [5.41, 5.74) is 4.63. The highest BCUT2D eigenvalue weighted by molar-refractivity contribution is 8.00. The van der Waals surface area contributed by atoms with Crippen LogP contribution in [0.1, 0.15) is 93.8 Å². The highest BCUT2D eigenvalue weighted by Crippen LogP contribution is 2.42. The summed E-state index contributed by atoms with van der Waals surface area (Å²) in [6.45, 7) is 11.9. The van der Waals surface area contributed by atoms with E-state index in [0.717, 1.165) is 43.2 Å². The Morgan fingerprint density at radius 2 is 1.77 bits per heavy atom. The molecule has 4 aliphatic rings. The number of nitrogens with zero attached hydrogens (tertiary/aromatic N) is 6. The number of ether oxygens (including phenoxy) is 1. The SMILES string of the molecule is CC1CC(O)CN1C(=O)C(NC(=O)C1(F)CC1)C(C)(C)SCC1CCCCC1.CNc1nc(Nc2ccc(C(=O)N3CCN(C)CC3)cc2OC)ncc1Cl.Cc1ncsc1-c1ccc(CNC=O)cc1. The van der Waals surface area contributed by atoms with Gasteiger partial charge in [0, 0.05) is 62.7 Å². The van der Waals surface area contributed by atoms with Crippen molar-refractivity contribution >= 4 is 76.3 Å². The Bertz CT molecular complexity index is 2410. The molecule has 20 heteroatoms. The minimum absolute atomic E-state index is 0.00756. The number of methoxy groups -OCH3 is 1. The van der Waals surface area contributed by atoms with Gasteiger partial charge in [0.15, 0.2) is 5.67 Å². The number of hydrogen-bond donors (Lipinski definition) is 5. The van der Waals surface area contributed by atoms with Gasteiger partial charge in [-0.15, -0.1) is 11.3 Å². The number of piperazine rings is 1. The van der Waals surface area contributed by atoms with Crippen molar-refractivity contribution in [1.29, 1.82) is 0 Å². The van der Waals surface area contributed by atoms with Crippen LogP contribution in [0.5, 0.6) is 5.75 Å². The first kappa shape index (κ1) is 55.2. The number of nitrogens with one attached hydrogen (secondary N) is 4. The van der Waals surface area contributed by atoms with Crippen molar-refractivity contribution in [3.63, 3.8) is 0 Å². The number of rotatable bonds is 16. The summed E-state index contributed by atoms with van der Waals surface area (Å²) in [6.07, 6.45) is 8.95. The Hall–Kier alpha value is -5.08. The van der Waals surface area contributed by atoms with Crippen LogP contribution in [-0.4, -0.2) is 147 Å². The number of amides is 4. The number of aromatic nitrogens is 3. The Morgan fingerprint density at radius 3 is 2.37 bits per heavy atom. The second-order valence-corrected chi connectivity index (χ2v) is 22.2. The van der Waals surface area contributed by atoms with E-state index in [1.54, 1.807) is 60.4 Å². The van der Waals surface area contributed by atoms with E-state index in [-0.39, 0.29) is 37.2 Å². The zero-order valence-corrected chi connectivity index (χ0v) is 44.3. The second-order valence-electron chi connectivity index (χ2n) is 19.3. The molecule has 5 N–H and O–H groups in total. The minimum atomic E-state index is -1.81. The molecule has 4 amide bonds. The number of aryl methyl sites for hydroxylation is 1. The highest BCUT2D eigenvalue weighted by atomic mass is 35.5. The molecule has 0 spiro atoms. The maximum atomic E-state index is 14.3. The third-order valence-electron chi connectivity index (χ3n) is 13.4. The van der Waals surface area contributed by atoms with Crippen LogP contribution in [0.4, 0.5) is 21.8 Å². The molecule has 8 rings (SSSR count). The molecular weight excluding hydrogens is 967 g/mol. The van der Waals surface area contributed by atoms with Crippen molar-refractivity contribution < 1.29 is 33.4 Å². The van der Waals surface area contributed by atoms with Crippen molar-refractivity contribution in [2.24, 2.45) is 5.92 Å². The topological polar surface area (TPSA) is 194 Å². The molecular formula is C51H70ClFN10O6S2. The lowest BCUT2D eigenvalue weighted by atomic mass is 9.91. The van der Waals surface area contributed by atoms with Crippen LogP contribution in [0.15, 0.2) is 54.2 Å². The van der Waals surface area contributed by atoms with E-state index in [4.69, 9.17) is 16.3 Å². The van der Waals surface area contributed by atoms with Gasteiger partial charge in [0.25, 0.3) is 11.8 Å². The molecule has 2 aliphatic carbocycles. The van der Waals surface area contributed by atoms with Crippen LogP contribution in [0.2, 0.25) is 5.02 Å². The van der Waals surface area contributed by atoms with Crippen LogP contribution in [0, 0.1) is 12.8 Å². The number of anilines is 3. The molecule has 2 aromatic heterocycles. The standard InChI is InChI=1S/C21H35FN2O3S.C18H23ClN6O2.C12H12N2OS/c1-14-11-16(25)12-24(14)18(26)17(23-19(27)21(22)9-10-21)20(2,3)28-13-15-7-5-4-6-8-15;1-20-16-13(19)11-21-18(23-16)22-14-5-4-12(10-15(14)27-3)17(26)25-8-6-24(2)7-9-25;1-9-12(16-8-14-9)11-4-2-10(3-5-11)6-13-7-15/h14-17,25H,4-13H2,1-3H3,(H,23,27);4-5,10-11H,6-9H2,1-3H3,(H2,20,21,22,23);2-5,7-8H,6H2,1H3,(H,13,15). The van der Waals surface area contributed by atoms with Gasteiger partial charge in [-0.25, -0.2) is 14.4 Å². The van der Waals surface area contributed by atoms with Gasteiger partial charge in [-0.1, -0.05) is 55.1 Å². The van der Waals surface area contributed by atoms with Crippen LogP contribution >= 0.6 is 34.7 Å². The van der Waals surface area contributed by atoms with E-state index in [9.17, 15) is 28.7 Å². The molecule has 3 atom stereocenters. The van der Waals surface area contributed by atoms with Crippen molar-refractivity contribution in [3.8, 4) is 16.2 Å². The predicted molar refractivity (Wildman–Crippen MR) is 281 cm³/mol. The molecule has 4 heterocycles. The number of benzene rings is 2. The molecule has 2 saturated heterocycles. The summed E-state index contributed by atoms with van der Waals surface area (Å²) in [4.78, 5) is 68.3. The number of thiazole rings is 1. The lowest BCUT2D eigenvalue weighted by molar-refractivity contribution is -0.139. The number of aliphatic hydroxyl groups is 1. The first-order valence-electron chi connectivity index (χ1n) is 24.4. The Kier molecular flexibility index (Phi) is 19.9. The molecule has 2 saturated carbocycles. The van der Waals surface area contributed by atoms with E-state index < -0.39 is 28.5 Å². The van der Waals surface area contributed by atoms with Gasteiger partial charge in [0.1, 0.15) is 22.6 Å². The van der Waals surface area contributed by atoms with Gasteiger partial charge in [-0.3, -0.25) is 19.2 Å². The van der Waals surface area contributed by atoms with Crippen LogP contribution in [0.3, 0.4) is 0 Å². The summed E-state index contributed by atoms with van der Waals surface area (Å²) < 4.78 is 19.2. The van der Waals surface area contributed by atoms with E-state index in [2.05, 4.69) is 60.3 Å². The molecule has 71 heavy (non-hydrogen) atoms. The molecule has 0 bridgehead atoms. The Labute approximate surface area is 430 Å². The van der Waals surface area contributed by atoms with Crippen LogP contribution in [-0.2, 0) is 20.9 Å². The van der Waals surface area contributed by atoms with Crippen molar-refractivity contribution in [2.45, 2.75) is 114 Å². The van der Waals surface area contributed by atoms with E-state index in [0.29, 0.717) is 59.1 Å². The number of carbonyl (C=O) groups excluding carboxylic acids is 4. The molecule has 0 radical (unpaired) electrons. The average molecular weight is 1040 g/mol. The van der Waals surface area contributed by atoms with Crippen LogP contribution < -0.4 is 26.0 Å². The number of likely N-dealkylation sites (N-methyl/N-ethyl adjacent to an activating group) is 1. The van der Waals surface area contributed by atoms with E-state index in [1.165, 1.54) is 48.7 Å². The van der Waals surface area contributed by atoms with Crippen molar-refractivity contribution in [3.05, 3.63) is 76.0 Å². The smallest absolute Gasteiger partial charge is 0.258 e. The number of halogens is 2. The maximum absolute atomic E-state index is 14.3. The number of thioether (sulfide) groups is 1. The molecule has 2 aliphatic heterocycles. The Balaban J connectivity index is 0.000000181. The largest absolute Gasteiger partial charge is 0.495 e. The monoisotopic (exact) mass is 1040 g/mol. The fraction of sp³-hybridized carbons (Fsp3) is 0.549. The number of β-amino-alcohol motifs (C(OH)–C–C–N with tert-alkyl or cyclic N) is 1. The maximum Gasteiger partial charge on any atom is 0.258 e. The third kappa shape index (κ3) is 15.2. The quantitative estimate of drug-likeness (QED) is 0.0686. The first-order valence-corrected chi connectivity index (χ1v) is 26.6. The summed E-state index contributed by atoms with van der Waals surface area (Å²) in [5, 5.41) is 21.8. The molecule has 4 aromatic rings. The van der Waals surface area contributed by atoms with Gasteiger partial charge in [-0.05, 0) is 108 Å². The lowest BCUT2D eigenvalue weighted by Gasteiger charge is -2.38. The summed E-state index contributed by atoms with van der Waals surface area (Å²) in [5.74, 6) is 2.18. The molecule has 386 valence electrons. The van der Waals surface area contributed by atoms with Crippen molar-refractivity contribution in [1.82, 2.24) is 40.3 Å². The van der Waals surface area contributed by atoms with Gasteiger partial charge in [0.05, 0.1) is 41.2 Å². The third-order valence-corrected chi connectivity index (χ3v) is 16.3. The zero-order chi connectivity index (χ0) is 51.3. The summed E-state index contributed by atoms with van der Waals surface area (Å²) in [6, 6.07) is 12.6. The fourth-order valence-electron chi connectivity index (χ4n) is 8.73. The highest BCUT2D eigenvalue weighted by Gasteiger charge is 2.53. The summed E-state index contributed by atoms with van der Waals surface area (Å²) in [7, 11) is 5.35. The van der Waals surface area contributed by atoms with Gasteiger partial charge >= 0.3 is 0 Å². The average Bonchev–Trinajstić information content (AvgIpc) is 3.83. The normalized spacial score (nSPS) is 19.2. The zero-order valence-electron chi connectivity index (χ0n) is 41.9. The first-order chi connectivity index (χ1) is 33.9. The van der Waals surface area contributed by atoms with Gasteiger partial charge in [-0.2, -0.15) is 16.7 Å². The van der Waals surface area contributed by atoms with Crippen LogP contribution in [0.25, 0.3) is 10.4 Å². The Morgan fingerprint density at radius 1 is 1.07 bits per heavy atom. The molecule has 2 aromatic carbocycles. The lowest BCUT2D eigenvalue weighted by Crippen LogP contribution is -2.59. The number of hydrogen-bond acceptors (Lipinski definition) is 14. The predicted octanol–water partition coefficient (Wildman–Crippen LogP) is 7.72. The minimum Gasteiger partial charge on any atom is -0.495 e.